The topological polar surface area (TPSA) is 52.6 Å². The van der Waals surface area contributed by atoms with E-state index < -0.39 is 0 Å². The van der Waals surface area contributed by atoms with Crippen molar-refractivity contribution in [3.63, 3.8) is 0 Å². The highest BCUT2D eigenvalue weighted by Gasteiger charge is 2.24. The Bertz CT molecular complexity index is 632. The molecule has 1 amide bonds. The molecule has 3 heterocycles. The van der Waals surface area contributed by atoms with Crippen LogP contribution in [0, 0.1) is 5.92 Å². The second-order valence-corrected chi connectivity index (χ2v) is 8.69. The number of carbonyl (C=O) groups excluding carboxylic acids is 1. The summed E-state index contributed by atoms with van der Waals surface area (Å²) >= 11 is 0. The standard InChI is InChI=1S/C22H35N5O/c28-22(10-9-19-7-3-1-4-8-19)27-15-13-26(14-16-27)21-17-20(23-18-24-21)25-11-5-2-6-12-25/h17-19H,1-16H2. The lowest BCUT2D eigenvalue weighted by molar-refractivity contribution is -0.131. The van der Waals surface area contributed by atoms with Crippen molar-refractivity contribution in [2.24, 2.45) is 5.92 Å². The van der Waals surface area contributed by atoms with Crippen molar-refractivity contribution in [2.75, 3.05) is 49.1 Å². The molecule has 0 aromatic carbocycles. The lowest BCUT2D eigenvalue weighted by Crippen LogP contribution is -2.49. The van der Waals surface area contributed by atoms with Gasteiger partial charge in [0, 0.05) is 51.8 Å². The van der Waals surface area contributed by atoms with Gasteiger partial charge in [0.1, 0.15) is 18.0 Å². The summed E-state index contributed by atoms with van der Waals surface area (Å²) < 4.78 is 0. The Morgan fingerprint density at radius 2 is 1.43 bits per heavy atom. The van der Waals surface area contributed by atoms with Gasteiger partial charge in [-0.05, 0) is 31.6 Å². The van der Waals surface area contributed by atoms with Crippen molar-refractivity contribution in [3.05, 3.63) is 12.4 Å². The summed E-state index contributed by atoms with van der Waals surface area (Å²) in [7, 11) is 0. The maximum absolute atomic E-state index is 12.6. The first-order valence-electron chi connectivity index (χ1n) is 11.4. The van der Waals surface area contributed by atoms with Crippen molar-refractivity contribution < 1.29 is 4.79 Å². The van der Waals surface area contributed by atoms with Crippen LogP contribution in [0.5, 0.6) is 0 Å². The molecule has 1 aliphatic carbocycles. The molecule has 1 aromatic heterocycles. The number of piperazine rings is 1. The van der Waals surface area contributed by atoms with Crippen LogP contribution < -0.4 is 9.80 Å². The number of anilines is 2. The van der Waals surface area contributed by atoms with E-state index in [-0.39, 0.29) is 0 Å². The highest BCUT2D eigenvalue weighted by atomic mass is 16.2. The number of carbonyl (C=O) groups is 1. The number of nitrogens with zero attached hydrogens (tertiary/aromatic N) is 5. The van der Waals surface area contributed by atoms with Crippen LogP contribution in [0.3, 0.4) is 0 Å². The first kappa shape index (κ1) is 19.5. The summed E-state index contributed by atoms with van der Waals surface area (Å²) in [5.74, 6) is 3.19. The van der Waals surface area contributed by atoms with Gasteiger partial charge in [-0.25, -0.2) is 9.97 Å². The third kappa shape index (κ3) is 4.95. The van der Waals surface area contributed by atoms with Crippen LogP contribution in [0.2, 0.25) is 0 Å². The van der Waals surface area contributed by atoms with E-state index in [1.165, 1.54) is 51.4 Å². The van der Waals surface area contributed by atoms with Crippen LogP contribution in [-0.4, -0.2) is 60.0 Å². The molecule has 3 fully saturated rings. The van der Waals surface area contributed by atoms with Crippen molar-refractivity contribution in [1.29, 1.82) is 0 Å². The van der Waals surface area contributed by atoms with E-state index in [4.69, 9.17) is 0 Å². The highest BCUT2D eigenvalue weighted by Crippen LogP contribution is 2.28. The predicted octanol–water partition coefficient (Wildman–Crippen LogP) is 3.48. The van der Waals surface area contributed by atoms with E-state index in [1.807, 2.05) is 0 Å². The lowest BCUT2D eigenvalue weighted by atomic mass is 9.86. The summed E-state index contributed by atoms with van der Waals surface area (Å²) in [5, 5.41) is 0. The summed E-state index contributed by atoms with van der Waals surface area (Å²) in [5.41, 5.74) is 0. The van der Waals surface area contributed by atoms with Gasteiger partial charge in [0.05, 0.1) is 0 Å². The van der Waals surface area contributed by atoms with Crippen molar-refractivity contribution in [2.45, 2.75) is 64.2 Å². The molecule has 2 aliphatic heterocycles. The number of aromatic nitrogens is 2. The minimum Gasteiger partial charge on any atom is -0.356 e. The van der Waals surface area contributed by atoms with Gasteiger partial charge in [-0.15, -0.1) is 0 Å². The second-order valence-electron chi connectivity index (χ2n) is 8.69. The van der Waals surface area contributed by atoms with Gasteiger partial charge < -0.3 is 14.7 Å². The van der Waals surface area contributed by atoms with Crippen LogP contribution >= 0.6 is 0 Å². The van der Waals surface area contributed by atoms with E-state index in [9.17, 15) is 4.79 Å². The number of piperidine rings is 1. The Morgan fingerprint density at radius 3 is 2.11 bits per heavy atom. The zero-order chi connectivity index (χ0) is 19.2. The van der Waals surface area contributed by atoms with Gasteiger partial charge in [-0.2, -0.15) is 0 Å². The van der Waals surface area contributed by atoms with Crippen molar-refractivity contribution >= 4 is 17.5 Å². The van der Waals surface area contributed by atoms with Gasteiger partial charge in [0.25, 0.3) is 0 Å². The maximum Gasteiger partial charge on any atom is 0.222 e. The number of rotatable bonds is 5. The largest absolute Gasteiger partial charge is 0.356 e. The first-order chi connectivity index (χ1) is 13.8. The molecule has 6 heteroatoms. The Hall–Kier alpha value is -1.85. The molecule has 2 saturated heterocycles. The van der Waals surface area contributed by atoms with Crippen molar-refractivity contribution in [1.82, 2.24) is 14.9 Å². The smallest absolute Gasteiger partial charge is 0.222 e. The van der Waals surface area contributed by atoms with E-state index in [1.54, 1.807) is 6.33 Å². The Kier molecular flexibility index (Phi) is 6.65. The Balaban J connectivity index is 1.26. The molecule has 0 atom stereocenters. The molecular weight excluding hydrogens is 350 g/mol. The quantitative estimate of drug-likeness (QED) is 0.777. The third-order valence-corrected chi connectivity index (χ3v) is 6.77. The third-order valence-electron chi connectivity index (χ3n) is 6.77. The lowest BCUT2D eigenvalue weighted by Gasteiger charge is -2.36. The van der Waals surface area contributed by atoms with Gasteiger partial charge >= 0.3 is 0 Å². The second kappa shape index (κ2) is 9.57. The Labute approximate surface area is 169 Å². The van der Waals surface area contributed by atoms with Crippen LogP contribution in [0.15, 0.2) is 12.4 Å². The van der Waals surface area contributed by atoms with E-state index >= 15 is 0 Å². The highest BCUT2D eigenvalue weighted by molar-refractivity contribution is 5.76. The van der Waals surface area contributed by atoms with E-state index in [0.29, 0.717) is 5.91 Å². The molecular formula is C22H35N5O. The molecule has 0 unspecified atom stereocenters. The predicted molar refractivity (Wildman–Crippen MR) is 113 cm³/mol. The zero-order valence-electron chi connectivity index (χ0n) is 17.2. The van der Waals surface area contributed by atoms with Crippen LogP contribution in [0.25, 0.3) is 0 Å². The minimum atomic E-state index is 0.349. The van der Waals surface area contributed by atoms with Gasteiger partial charge in [0.2, 0.25) is 5.91 Å². The first-order valence-corrected chi connectivity index (χ1v) is 11.4. The number of hydrogen-bond acceptors (Lipinski definition) is 5. The molecule has 1 aromatic rings. The molecule has 0 spiro atoms. The monoisotopic (exact) mass is 385 g/mol. The average molecular weight is 386 g/mol. The molecule has 6 nitrogen and oxygen atoms in total. The molecule has 4 rings (SSSR count). The Morgan fingerprint density at radius 1 is 0.821 bits per heavy atom. The maximum atomic E-state index is 12.6. The molecule has 154 valence electrons. The van der Waals surface area contributed by atoms with Crippen LogP contribution in [-0.2, 0) is 4.79 Å². The molecule has 1 saturated carbocycles. The normalized spacial score (nSPS) is 21.8. The SMILES string of the molecule is O=C(CCC1CCCCC1)N1CCN(c2cc(N3CCCCC3)ncn2)CC1. The van der Waals surface area contributed by atoms with E-state index in [0.717, 1.165) is 69.7 Å². The average Bonchev–Trinajstić information content (AvgIpc) is 2.79. The van der Waals surface area contributed by atoms with Gasteiger partial charge in [-0.3, -0.25) is 4.79 Å². The summed E-state index contributed by atoms with van der Waals surface area (Å²) in [6.07, 6.45) is 14.1. The number of amides is 1. The molecule has 0 radical (unpaired) electrons. The van der Waals surface area contributed by atoms with E-state index in [2.05, 4.69) is 30.7 Å². The summed E-state index contributed by atoms with van der Waals surface area (Å²) in [6.45, 7) is 5.55. The molecule has 3 aliphatic rings. The molecule has 0 bridgehead atoms. The fourth-order valence-electron chi connectivity index (χ4n) is 4.95. The van der Waals surface area contributed by atoms with Gasteiger partial charge in [0.15, 0.2) is 0 Å². The minimum absolute atomic E-state index is 0.349. The van der Waals surface area contributed by atoms with Crippen molar-refractivity contribution in [3.8, 4) is 0 Å². The fraction of sp³-hybridized carbons (Fsp3) is 0.773. The zero-order valence-corrected chi connectivity index (χ0v) is 17.2. The summed E-state index contributed by atoms with van der Waals surface area (Å²) in [4.78, 5) is 28.4. The number of hydrogen-bond donors (Lipinski definition) is 0. The van der Waals surface area contributed by atoms with Crippen LogP contribution in [0.1, 0.15) is 64.2 Å². The van der Waals surface area contributed by atoms with Gasteiger partial charge in [-0.1, -0.05) is 32.1 Å². The molecule has 0 N–H and O–H groups in total. The summed E-state index contributed by atoms with van der Waals surface area (Å²) in [6, 6.07) is 2.13. The fourth-order valence-corrected chi connectivity index (χ4v) is 4.95. The molecule has 28 heavy (non-hydrogen) atoms. The van der Waals surface area contributed by atoms with Crippen LogP contribution in [0.4, 0.5) is 11.6 Å².